The third kappa shape index (κ3) is 3.67. The van der Waals surface area contributed by atoms with Crippen molar-refractivity contribution in [2.45, 2.75) is 12.1 Å². The van der Waals surface area contributed by atoms with Gasteiger partial charge in [-0.25, -0.2) is 4.39 Å². The largest absolute Gasteiger partial charge is 0.458 e. The van der Waals surface area contributed by atoms with Gasteiger partial charge in [-0.3, -0.25) is 9.59 Å². The average molecular weight is 238 g/mol. The SMILES string of the molecule is O=C(C(=O)C(F)(F)CF)C(F)(F)F.[AlH3]. The molecule has 0 N–H and O–H groups in total. The van der Waals surface area contributed by atoms with Crippen LogP contribution in [0.2, 0.25) is 0 Å². The van der Waals surface area contributed by atoms with E-state index in [4.69, 9.17) is 0 Å². The maximum atomic E-state index is 11.9. The molecular formula is C5H5AlF6O2. The molecular weight excluding hydrogens is 233 g/mol. The summed E-state index contributed by atoms with van der Waals surface area (Å²) in [5.74, 6) is -11.2. The van der Waals surface area contributed by atoms with Gasteiger partial charge in [-0.1, -0.05) is 0 Å². The Hall–Kier alpha value is -0.548. The molecule has 0 saturated carbocycles. The zero-order chi connectivity index (χ0) is 10.9. The van der Waals surface area contributed by atoms with Crippen molar-refractivity contribution in [1.82, 2.24) is 0 Å². The first kappa shape index (κ1) is 15.9. The van der Waals surface area contributed by atoms with Crippen LogP contribution in [0.3, 0.4) is 0 Å². The Kier molecular flexibility index (Phi) is 5.45. The fraction of sp³-hybridized carbons (Fsp3) is 0.600. The molecule has 2 nitrogen and oxygen atoms in total. The molecule has 0 radical (unpaired) electrons. The van der Waals surface area contributed by atoms with Crippen molar-refractivity contribution < 1.29 is 35.9 Å². The van der Waals surface area contributed by atoms with E-state index < -0.39 is 30.3 Å². The molecule has 82 valence electrons. The molecule has 0 unspecified atom stereocenters. The lowest BCUT2D eigenvalue weighted by atomic mass is 10.1. The van der Waals surface area contributed by atoms with E-state index in [1.54, 1.807) is 0 Å². The Morgan fingerprint density at radius 1 is 0.929 bits per heavy atom. The Morgan fingerprint density at radius 3 is 1.50 bits per heavy atom. The maximum absolute atomic E-state index is 11.9. The third-order valence-corrected chi connectivity index (χ3v) is 0.964. The first-order chi connectivity index (χ1) is 5.63. The van der Waals surface area contributed by atoms with Crippen molar-refractivity contribution in [2.24, 2.45) is 0 Å². The van der Waals surface area contributed by atoms with Crippen LogP contribution in [0.15, 0.2) is 0 Å². The van der Waals surface area contributed by atoms with Gasteiger partial charge < -0.3 is 0 Å². The van der Waals surface area contributed by atoms with E-state index in [0.717, 1.165) is 0 Å². The molecule has 0 fully saturated rings. The molecule has 0 heterocycles. The quantitative estimate of drug-likeness (QED) is 0.397. The summed E-state index contributed by atoms with van der Waals surface area (Å²) in [6.07, 6.45) is -5.70. The number of Topliss-reactive ketones (excluding diaryl/α,β-unsaturated/α-hetero) is 2. The molecule has 0 atom stereocenters. The average Bonchev–Trinajstić information content (AvgIpc) is 2.00. The van der Waals surface area contributed by atoms with Crippen LogP contribution in [0, 0.1) is 0 Å². The van der Waals surface area contributed by atoms with E-state index in [-0.39, 0.29) is 17.4 Å². The monoisotopic (exact) mass is 238 g/mol. The zero-order valence-electron chi connectivity index (χ0n) is 5.79. The molecule has 14 heavy (non-hydrogen) atoms. The standard InChI is InChI=1S/C5H2F6O2.Al.3H/c6-1-4(7,8)2(12)3(13)5(9,10)11;;;;/h1H2;;;;. The van der Waals surface area contributed by atoms with Crippen LogP contribution in [0.4, 0.5) is 26.3 Å². The molecule has 9 heteroatoms. The van der Waals surface area contributed by atoms with Crippen molar-refractivity contribution in [3.05, 3.63) is 0 Å². The minimum absolute atomic E-state index is 0. The Balaban J connectivity index is 0. The Bertz CT molecular complexity index is 235. The molecule has 0 aliphatic heterocycles. The van der Waals surface area contributed by atoms with E-state index in [1.165, 1.54) is 0 Å². The summed E-state index contributed by atoms with van der Waals surface area (Å²) in [6, 6.07) is 0. The van der Waals surface area contributed by atoms with Crippen molar-refractivity contribution in [3.63, 3.8) is 0 Å². The normalized spacial score (nSPS) is 11.9. The van der Waals surface area contributed by atoms with Gasteiger partial charge in [0, 0.05) is 0 Å². The third-order valence-electron chi connectivity index (χ3n) is 0.964. The topological polar surface area (TPSA) is 34.1 Å². The predicted octanol–water partition coefficient (Wildman–Crippen LogP) is 0.108. The summed E-state index contributed by atoms with van der Waals surface area (Å²) in [4.78, 5) is 19.8. The summed E-state index contributed by atoms with van der Waals surface area (Å²) in [6.45, 7) is -2.63. The number of carbonyl (C=O) groups is 2. The van der Waals surface area contributed by atoms with Gasteiger partial charge in [-0.15, -0.1) is 0 Å². The van der Waals surface area contributed by atoms with Crippen LogP contribution in [-0.4, -0.2) is 47.7 Å². The molecule has 0 aliphatic carbocycles. The molecule has 0 rings (SSSR count). The van der Waals surface area contributed by atoms with Gasteiger partial charge in [0.2, 0.25) is 0 Å². The fourth-order valence-corrected chi connectivity index (χ4v) is 0.356. The second-order valence-electron chi connectivity index (χ2n) is 1.99. The lowest BCUT2D eigenvalue weighted by Crippen LogP contribution is -2.43. The zero-order valence-corrected chi connectivity index (χ0v) is 5.79. The van der Waals surface area contributed by atoms with E-state index >= 15 is 0 Å². The summed E-state index contributed by atoms with van der Waals surface area (Å²) in [5, 5.41) is 0. The predicted molar refractivity (Wildman–Crippen MR) is 36.9 cm³/mol. The number of rotatable bonds is 3. The van der Waals surface area contributed by atoms with Crippen molar-refractivity contribution in [3.8, 4) is 0 Å². The van der Waals surface area contributed by atoms with Gasteiger partial charge in [0.15, 0.2) is 24.0 Å². The highest BCUT2D eigenvalue weighted by Gasteiger charge is 2.53. The number of alkyl halides is 6. The summed E-state index contributed by atoms with van der Waals surface area (Å²) < 4.78 is 69.1. The number of carbonyl (C=O) groups excluding carboxylic acids is 2. The van der Waals surface area contributed by atoms with E-state index in [9.17, 15) is 35.9 Å². The highest BCUT2D eigenvalue weighted by Crippen LogP contribution is 2.23. The molecule has 0 aromatic heterocycles. The molecule has 0 spiro atoms. The Morgan fingerprint density at radius 2 is 1.29 bits per heavy atom. The maximum Gasteiger partial charge on any atom is 0.458 e. The molecule has 0 amide bonds. The number of hydrogen-bond acceptors (Lipinski definition) is 2. The lowest BCUT2D eigenvalue weighted by molar-refractivity contribution is -0.182. The van der Waals surface area contributed by atoms with Crippen LogP contribution in [0.5, 0.6) is 0 Å². The molecule has 0 saturated heterocycles. The van der Waals surface area contributed by atoms with E-state index in [2.05, 4.69) is 0 Å². The number of halogens is 6. The molecule has 0 aliphatic rings. The van der Waals surface area contributed by atoms with E-state index in [1.807, 2.05) is 0 Å². The summed E-state index contributed by atoms with van der Waals surface area (Å²) >= 11 is 0. The summed E-state index contributed by atoms with van der Waals surface area (Å²) in [5.41, 5.74) is 0. The van der Waals surface area contributed by atoms with Gasteiger partial charge in [0.05, 0.1) is 0 Å². The van der Waals surface area contributed by atoms with Crippen LogP contribution in [0.1, 0.15) is 0 Å². The smallest absolute Gasteiger partial charge is 0.284 e. The van der Waals surface area contributed by atoms with Crippen molar-refractivity contribution in [2.75, 3.05) is 6.67 Å². The second-order valence-corrected chi connectivity index (χ2v) is 1.99. The van der Waals surface area contributed by atoms with Gasteiger partial charge in [0.1, 0.15) is 0 Å². The van der Waals surface area contributed by atoms with Gasteiger partial charge >= 0.3 is 17.9 Å². The number of ketones is 2. The van der Waals surface area contributed by atoms with Crippen molar-refractivity contribution in [1.29, 1.82) is 0 Å². The highest BCUT2D eigenvalue weighted by atomic mass is 27.0. The van der Waals surface area contributed by atoms with Gasteiger partial charge in [-0.2, -0.15) is 22.0 Å². The molecule has 0 aromatic carbocycles. The van der Waals surface area contributed by atoms with Crippen LogP contribution in [0.25, 0.3) is 0 Å². The number of hydrogen-bond donors (Lipinski definition) is 0. The molecule has 0 bridgehead atoms. The lowest BCUT2D eigenvalue weighted by Gasteiger charge is -2.10. The Labute approximate surface area is 84.4 Å². The van der Waals surface area contributed by atoms with Crippen LogP contribution in [-0.2, 0) is 9.59 Å². The van der Waals surface area contributed by atoms with Crippen molar-refractivity contribution >= 4 is 28.9 Å². The summed E-state index contributed by atoms with van der Waals surface area (Å²) in [7, 11) is 0. The first-order valence-electron chi connectivity index (χ1n) is 2.72. The van der Waals surface area contributed by atoms with Crippen LogP contribution < -0.4 is 0 Å². The fourth-order valence-electron chi connectivity index (χ4n) is 0.356. The first-order valence-corrected chi connectivity index (χ1v) is 2.72. The second kappa shape index (κ2) is 4.80. The van der Waals surface area contributed by atoms with Gasteiger partial charge in [0.25, 0.3) is 5.78 Å². The minimum atomic E-state index is -5.70. The molecule has 0 aromatic rings. The minimum Gasteiger partial charge on any atom is -0.284 e. The van der Waals surface area contributed by atoms with E-state index in [0.29, 0.717) is 0 Å². The van der Waals surface area contributed by atoms with Gasteiger partial charge in [-0.05, 0) is 0 Å². The highest BCUT2D eigenvalue weighted by molar-refractivity contribution is 6.41. The van der Waals surface area contributed by atoms with Crippen LogP contribution >= 0.6 is 0 Å².